The highest BCUT2D eigenvalue weighted by atomic mass is 35.5. The molecule has 0 amide bonds. The highest BCUT2D eigenvalue weighted by Gasteiger charge is 2.09. The van der Waals surface area contributed by atoms with E-state index >= 15 is 0 Å². The lowest BCUT2D eigenvalue weighted by molar-refractivity contribution is 0.625. The average molecular weight is 216 g/mol. The van der Waals surface area contributed by atoms with Crippen molar-refractivity contribution in [2.45, 2.75) is 6.92 Å². The molecule has 2 aromatic rings. The van der Waals surface area contributed by atoms with Gasteiger partial charge < -0.3 is 5.73 Å². The van der Waals surface area contributed by atoms with E-state index in [9.17, 15) is 4.39 Å². The summed E-state index contributed by atoms with van der Waals surface area (Å²) in [6.45, 7) is 1.68. The van der Waals surface area contributed by atoms with Gasteiger partial charge in [0, 0.05) is 24.2 Å². The highest BCUT2D eigenvalue weighted by molar-refractivity contribution is 5.85. The zero-order valence-corrected chi connectivity index (χ0v) is 8.73. The number of hydrogen-bond acceptors (Lipinski definition) is 2. The monoisotopic (exact) mass is 215 g/mol. The molecule has 2 N–H and O–H groups in total. The maximum Gasteiger partial charge on any atom is 0.151 e. The fourth-order valence-electron chi connectivity index (χ4n) is 1.46. The quantitative estimate of drug-likeness (QED) is 0.684. The number of nitrogens with zero attached hydrogens (tertiary/aromatic N) is 2. The molecule has 0 bridgehead atoms. The second-order valence-corrected chi connectivity index (χ2v) is 3.15. The van der Waals surface area contributed by atoms with Gasteiger partial charge in [0.15, 0.2) is 5.82 Å². The molecule has 2 rings (SSSR count). The molecule has 0 aliphatic rings. The number of hydrogen-bond donors (Lipinski definition) is 1. The molecule has 0 aliphatic carbocycles. The van der Waals surface area contributed by atoms with E-state index in [2.05, 4.69) is 5.10 Å². The van der Waals surface area contributed by atoms with Gasteiger partial charge >= 0.3 is 0 Å². The number of nitrogen functional groups attached to an aromatic ring is 1. The fourth-order valence-corrected chi connectivity index (χ4v) is 1.46. The van der Waals surface area contributed by atoms with E-state index in [1.807, 2.05) is 6.20 Å². The van der Waals surface area contributed by atoms with E-state index in [4.69, 9.17) is 5.73 Å². The molecule has 14 heavy (non-hydrogen) atoms. The third-order valence-corrected chi connectivity index (χ3v) is 2.11. The molecule has 0 fully saturated rings. The third kappa shape index (κ3) is 1.42. The minimum Gasteiger partial charge on any atom is -0.396 e. The van der Waals surface area contributed by atoms with Gasteiger partial charge in [-0.05, 0) is 13.0 Å². The molecule has 1 aromatic heterocycles. The number of aryl methyl sites for hydroxylation is 2. The molecule has 76 valence electrons. The number of benzene rings is 1. The van der Waals surface area contributed by atoms with Crippen LogP contribution in [0.4, 0.5) is 10.1 Å². The smallest absolute Gasteiger partial charge is 0.151 e. The van der Waals surface area contributed by atoms with Crippen molar-refractivity contribution in [2.24, 2.45) is 7.05 Å². The lowest BCUT2D eigenvalue weighted by Gasteiger charge is -2.00. The van der Waals surface area contributed by atoms with Gasteiger partial charge in [0.2, 0.25) is 0 Å². The van der Waals surface area contributed by atoms with Gasteiger partial charge in [0.25, 0.3) is 0 Å². The van der Waals surface area contributed by atoms with Crippen LogP contribution < -0.4 is 5.73 Å². The van der Waals surface area contributed by atoms with Crippen LogP contribution in [0.2, 0.25) is 0 Å². The standard InChI is InChI=1S/C9H10FN3.ClH/c1-5-8(10)7(11)3-6-4-13(2)12-9(5)6;/h3-4H,11H2,1-2H3;1H. The first-order chi connectivity index (χ1) is 6.09. The van der Waals surface area contributed by atoms with Crippen LogP contribution in [0.5, 0.6) is 0 Å². The van der Waals surface area contributed by atoms with E-state index < -0.39 is 0 Å². The molecular formula is C9H11ClFN3. The second-order valence-electron chi connectivity index (χ2n) is 3.15. The maximum absolute atomic E-state index is 13.3. The van der Waals surface area contributed by atoms with E-state index in [0.29, 0.717) is 11.1 Å². The summed E-state index contributed by atoms with van der Waals surface area (Å²) in [6.07, 6.45) is 1.82. The van der Waals surface area contributed by atoms with Crippen LogP contribution in [-0.2, 0) is 7.05 Å². The summed E-state index contributed by atoms with van der Waals surface area (Å²) in [5.41, 5.74) is 6.85. The van der Waals surface area contributed by atoms with Crippen molar-refractivity contribution in [1.29, 1.82) is 0 Å². The Morgan fingerprint density at radius 2 is 2.14 bits per heavy atom. The Bertz CT molecular complexity index is 478. The fraction of sp³-hybridized carbons (Fsp3) is 0.222. The van der Waals surface area contributed by atoms with Crippen molar-refractivity contribution < 1.29 is 4.39 Å². The van der Waals surface area contributed by atoms with Gasteiger partial charge in [-0.15, -0.1) is 12.4 Å². The van der Waals surface area contributed by atoms with E-state index in [0.717, 1.165) is 5.39 Å². The molecule has 0 unspecified atom stereocenters. The van der Waals surface area contributed by atoms with Crippen LogP contribution in [0.15, 0.2) is 12.3 Å². The normalized spacial score (nSPS) is 10.2. The zero-order chi connectivity index (χ0) is 9.59. The molecule has 0 atom stereocenters. The predicted octanol–water partition coefficient (Wildman–Crippen LogP) is 2.02. The number of anilines is 1. The second kappa shape index (κ2) is 3.46. The highest BCUT2D eigenvalue weighted by Crippen LogP contribution is 2.24. The molecule has 3 nitrogen and oxygen atoms in total. The third-order valence-electron chi connectivity index (χ3n) is 2.11. The largest absolute Gasteiger partial charge is 0.396 e. The maximum atomic E-state index is 13.3. The van der Waals surface area contributed by atoms with Gasteiger partial charge in [0.1, 0.15) is 0 Å². The van der Waals surface area contributed by atoms with Crippen molar-refractivity contribution in [1.82, 2.24) is 9.78 Å². The minimum atomic E-state index is -0.369. The molecule has 1 aromatic carbocycles. The minimum absolute atomic E-state index is 0. The topological polar surface area (TPSA) is 43.8 Å². The molecule has 0 radical (unpaired) electrons. The van der Waals surface area contributed by atoms with Crippen molar-refractivity contribution >= 4 is 29.0 Å². The first-order valence-corrected chi connectivity index (χ1v) is 3.97. The first kappa shape index (κ1) is 10.8. The molecule has 0 saturated carbocycles. The van der Waals surface area contributed by atoms with Crippen molar-refractivity contribution in [3.05, 3.63) is 23.6 Å². The Labute approximate surface area is 87.1 Å². The Kier molecular flexibility index (Phi) is 2.66. The summed E-state index contributed by atoms with van der Waals surface area (Å²) in [4.78, 5) is 0. The number of halogens is 2. The van der Waals surface area contributed by atoms with Gasteiger partial charge in [0.05, 0.1) is 11.2 Å². The molecule has 5 heteroatoms. The van der Waals surface area contributed by atoms with Crippen LogP contribution in [0.25, 0.3) is 10.9 Å². The van der Waals surface area contributed by atoms with Gasteiger partial charge in [-0.25, -0.2) is 4.39 Å². The van der Waals surface area contributed by atoms with Crippen LogP contribution in [-0.4, -0.2) is 9.78 Å². The lowest BCUT2D eigenvalue weighted by atomic mass is 10.1. The van der Waals surface area contributed by atoms with E-state index in [1.54, 1.807) is 24.7 Å². The number of fused-ring (bicyclic) bond motifs is 1. The summed E-state index contributed by atoms with van der Waals surface area (Å²) in [5, 5.41) is 5.01. The number of rotatable bonds is 0. The van der Waals surface area contributed by atoms with Crippen molar-refractivity contribution in [2.75, 3.05) is 5.73 Å². The van der Waals surface area contributed by atoms with Crippen molar-refractivity contribution in [3.8, 4) is 0 Å². The van der Waals surface area contributed by atoms with Crippen LogP contribution in [0.3, 0.4) is 0 Å². The molecule has 0 saturated heterocycles. The number of nitrogens with two attached hydrogens (primary N) is 1. The summed E-state index contributed by atoms with van der Waals surface area (Å²) >= 11 is 0. The molecular weight excluding hydrogens is 205 g/mol. The summed E-state index contributed by atoms with van der Waals surface area (Å²) in [5.74, 6) is -0.369. The lowest BCUT2D eigenvalue weighted by Crippen LogP contribution is -1.94. The summed E-state index contributed by atoms with van der Waals surface area (Å²) in [6, 6.07) is 1.60. The van der Waals surface area contributed by atoms with Gasteiger partial charge in [-0.2, -0.15) is 5.10 Å². The average Bonchev–Trinajstić information content (AvgIpc) is 2.42. The zero-order valence-electron chi connectivity index (χ0n) is 7.91. The summed E-state index contributed by atoms with van der Waals surface area (Å²) in [7, 11) is 1.80. The summed E-state index contributed by atoms with van der Waals surface area (Å²) < 4.78 is 14.9. The van der Waals surface area contributed by atoms with Crippen LogP contribution in [0, 0.1) is 12.7 Å². The van der Waals surface area contributed by atoms with Crippen LogP contribution >= 0.6 is 12.4 Å². The van der Waals surface area contributed by atoms with Gasteiger partial charge in [-0.3, -0.25) is 4.68 Å². The van der Waals surface area contributed by atoms with Crippen LogP contribution in [0.1, 0.15) is 5.56 Å². The molecule has 0 spiro atoms. The van der Waals surface area contributed by atoms with E-state index in [1.165, 1.54) is 0 Å². The first-order valence-electron chi connectivity index (χ1n) is 3.97. The molecule has 1 heterocycles. The van der Waals surface area contributed by atoms with Crippen molar-refractivity contribution in [3.63, 3.8) is 0 Å². The SMILES string of the molecule is Cc1c(F)c(N)cc2cn(C)nc12.Cl. The van der Waals surface area contributed by atoms with E-state index in [-0.39, 0.29) is 23.9 Å². The Hall–Kier alpha value is -1.29. The number of aromatic nitrogens is 2. The molecule has 0 aliphatic heterocycles. The Morgan fingerprint density at radius 1 is 1.50 bits per heavy atom. The van der Waals surface area contributed by atoms with Gasteiger partial charge in [-0.1, -0.05) is 0 Å². The predicted molar refractivity (Wildman–Crippen MR) is 57.1 cm³/mol. The Morgan fingerprint density at radius 3 is 2.79 bits per heavy atom. The Balaban J connectivity index is 0.000000980.